The first-order valence-electron chi connectivity index (χ1n) is 14.4. The van der Waals surface area contributed by atoms with Gasteiger partial charge in [0.05, 0.1) is 5.56 Å². The predicted octanol–water partition coefficient (Wildman–Crippen LogP) is 10.4. The molecule has 0 saturated carbocycles. The van der Waals surface area contributed by atoms with Crippen molar-refractivity contribution in [2.45, 2.75) is 58.5 Å². The van der Waals surface area contributed by atoms with E-state index in [0.29, 0.717) is 23.9 Å². The molecule has 6 heteroatoms. The third-order valence-corrected chi connectivity index (χ3v) is 8.71. The van der Waals surface area contributed by atoms with Gasteiger partial charge in [-0.3, -0.25) is 4.90 Å². The average molecular weight is 682 g/mol. The van der Waals surface area contributed by atoms with E-state index in [0.717, 1.165) is 57.2 Å². The first kappa shape index (κ1) is 30.4. The summed E-state index contributed by atoms with van der Waals surface area (Å²) in [4.78, 5) is 2.27. The Balaban J connectivity index is 1.54. The van der Waals surface area contributed by atoms with Crippen molar-refractivity contribution >= 4 is 34.7 Å². The summed E-state index contributed by atoms with van der Waals surface area (Å²) in [7, 11) is 0. The monoisotopic (exact) mass is 681 g/mol. The molecule has 1 fully saturated rings. The molecule has 0 N–H and O–H groups in total. The van der Waals surface area contributed by atoms with Crippen LogP contribution in [-0.2, 0) is 19.3 Å². The average Bonchev–Trinajstić information content (AvgIpc) is 2.97. The number of ether oxygens (including phenoxy) is 1. The number of alkyl halides is 3. The van der Waals surface area contributed by atoms with E-state index in [1.54, 1.807) is 18.2 Å². The van der Waals surface area contributed by atoms with Crippen LogP contribution in [0.1, 0.15) is 59.6 Å². The second-order valence-corrected chi connectivity index (χ2v) is 12.2. The van der Waals surface area contributed by atoms with Gasteiger partial charge in [-0.05, 0) is 113 Å². The predicted molar refractivity (Wildman–Crippen MR) is 174 cm³/mol. The molecule has 0 spiro atoms. The summed E-state index contributed by atoms with van der Waals surface area (Å²) in [5.74, 6) is 0.494. The van der Waals surface area contributed by atoms with E-state index >= 15 is 0 Å². The van der Waals surface area contributed by atoms with Crippen molar-refractivity contribution in [3.63, 3.8) is 0 Å². The van der Waals surface area contributed by atoms with Crippen LogP contribution in [0.15, 0.2) is 84.9 Å². The van der Waals surface area contributed by atoms with Crippen LogP contribution in [0.3, 0.4) is 0 Å². The SMILES string of the molecule is Cc1c(/C=C/c2cc(OCc3cccc(I)c3)c(CN3CCCC[C@H]3C)cc2C(F)(F)F)cccc1-c1ccccc1. The Morgan fingerprint density at radius 1 is 0.905 bits per heavy atom. The Morgan fingerprint density at radius 2 is 1.67 bits per heavy atom. The molecule has 1 atom stereocenters. The number of hydrogen-bond donors (Lipinski definition) is 0. The minimum atomic E-state index is -4.50. The van der Waals surface area contributed by atoms with Crippen molar-refractivity contribution in [1.82, 2.24) is 4.90 Å². The number of benzene rings is 4. The van der Waals surface area contributed by atoms with Gasteiger partial charge in [-0.15, -0.1) is 0 Å². The molecule has 1 aliphatic heterocycles. The largest absolute Gasteiger partial charge is 0.489 e. The van der Waals surface area contributed by atoms with Crippen molar-refractivity contribution in [1.29, 1.82) is 0 Å². The van der Waals surface area contributed by atoms with Crippen LogP contribution in [0.4, 0.5) is 13.2 Å². The van der Waals surface area contributed by atoms with Crippen molar-refractivity contribution in [3.05, 3.63) is 122 Å². The van der Waals surface area contributed by atoms with E-state index in [1.807, 2.05) is 79.7 Å². The summed E-state index contributed by atoms with van der Waals surface area (Å²) in [5.41, 5.74) is 5.02. The molecular formula is C36H35F3INO. The zero-order valence-electron chi connectivity index (χ0n) is 23.9. The molecule has 0 aromatic heterocycles. The van der Waals surface area contributed by atoms with Gasteiger partial charge < -0.3 is 4.74 Å². The number of rotatable bonds is 8. The Morgan fingerprint density at radius 3 is 2.40 bits per heavy atom. The van der Waals surface area contributed by atoms with Crippen molar-refractivity contribution in [3.8, 4) is 16.9 Å². The zero-order valence-corrected chi connectivity index (χ0v) is 26.1. The first-order valence-corrected chi connectivity index (χ1v) is 15.5. The van der Waals surface area contributed by atoms with Crippen LogP contribution >= 0.6 is 22.6 Å². The maximum Gasteiger partial charge on any atom is 0.417 e. The van der Waals surface area contributed by atoms with E-state index in [1.165, 1.54) is 6.07 Å². The molecule has 1 heterocycles. The highest BCUT2D eigenvalue weighted by atomic mass is 127. The topological polar surface area (TPSA) is 12.5 Å². The number of nitrogens with zero attached hydrogens (tertiary/aromatic N) is 1. The van der Waals surface area contributed by atoms with Gasteiger partial charge in [-0.25, -0.2) is 0 Å². The fraction of sp³-hybridized carbons (Fsp3) is 0.278. The fourth-order valence-corrected chi connectivity index (χ4v) is 6.23. The number of piperidine rings is 1. The van der Waals surface area contributed by atoms with Gasteiger partial charge in [0.25, 0.3) is 0 Å². The molecule has 4 aromatic carbocycles. The Hall–Kier alpha value is -3.10. The van der Waals surface area contributed by atoms with Crippen LogP contribution in [0.25, 0.3) is 23.3 Å². The molecule has 1 saturated heterocycles. The van der Waals surface area contributed by atoms with Gasteiger partial charge in [0, 0.05) is 21.7 Å². The lowest BCUT2D eigenvalue weighted by atomic mass is 9.95. The van der Waals surface area contributed by atoms with Crippen LogP contribution in [0.5, 0.6) is 5.75 Å². The fourth-order valence-electron chi connectivity index (χ4n) is 5.62. The normalized spacial score (nSPS) is 16.2. The lowest BCUT2D eigenvalue weighted by Gasteiger charge is -2.34. The van der Waals surface area contributed by atoms with Gasteiger partial charge in [-0.2, -0.15) is 13.2 Å². The first-order chi connectivity index (χ1) is 20.2. The van der Waals surface area contributed by atoms with Crippen LogP contribution in [0, 0.1) is 10.5 Å². The quantitative estimate of drug-likeness (QED) is 0.136. The van der Waals surface area contributed by atoms with Crippen LogP contribution in [0.2, 0.25) is 0 Å². The summed E-state index contributed by atoms with van der Waals surface area (Å²) >= 11 is 2.25. The van der Waals surface area contributed by atoms with Crippen molar-refractivity contribution < 1.29 is 17.9 Å². The van der Waals surface area contributed by atoms with E-state index in [2.05, 4.69) is 34.4 Å². The number of hydrogen-bond acceptors (Lipinski definition) is 2. The third kappa shape index (κ3) is 7.45. The lowest BCUT2D eigenvalue weighted by Crippen LogP contribution is -2.36. The number of halogens is 4. The Bertz CT molecular complexity index is 1550. The summed E-state index contributed by atoms with van der Waals surface area (Å²) in [6, 6.07) is 27.1. The maximum absolute atomic E-state index is 14.5. The van der Waals surface area contributed by atoms with E-state index in [4.69, 9.17) is 4.74 Å². The smallest absolute Gasteiger partial charge is 0.417 e. The highest BCUT2D eigenvalue weighted by Gasteiger charge is 2.34. The molecule has 0 bridgehead atoms. The highest BCUT2D eigenvalue weighted by molar-refractivity contribution is 14.1. The minimum Gasteiger partial charge on any atom is -0.489 e. The van der Waals surface area contributed by atoms with Gasteiger partial charge in [-0.1, -0.05) is 79.2 Å². The van der Waals surface area contributed by atoms with Gasteiger partial charge in [0.1, 0.15) is 12.4 Å². The molecule has 218 valence electrons. The molecule has 1 aliphatic rings. The van der Waals surface area contributed by atoms with Gasteiger partial charge >= 0.3 is 6.18 Å². The second kappa shape index (κ2) is 13.5. The molecule has 0 aliphatic carbocycles. The second-order valence-electron chi connectivity index (χ2n) is 11.0. The zero-order chi connectivity index (χ0) is 29.7. The van der Waals surface area contributed by atoms with Crippen molar-refractivity contribution in [2.75, 3.05) is 6.54 Å². The standard InChI is InChI=1S/C36H35F3INO/c1-25-10-6-7-19-41(25)23-31-21-34(36(37,38)39)30(22-35(31)42-24-27-11-8-15-32(40)20-27)18-17-28-14-9-16-33(26(28)2)29-12-4-3-5-13-29/h3-5,8-9,11-18,20-22,25H,6-7,10,19,23-24H2,1-2H3/b18-17+/t25-/m1/s1. The van der Waals surface area contributed by atoms with Crippen molar-refractivity contribution in [2.24, 2.45) is 0 Å². The highest BCUT2D eigenvalue weighted by Crippen LogP contribution is 2.38. The molecule has 2 nitrogen and oxygen atoms in total. The molecule has 5 rings (SSSR count). The van der Waals surface area contributed by atoms with Gasteiger partial charge in [0.15, 0.2) is 0 Å². The van der Waals surface area contributed by atoms with Crippen LogP contribution < -0.4 is 4.74 Å². The molecule has 0 amide bonds. The Kier molecular flexibility index (Phi) is 9.74. The van der Waals surface area contributed by atoms with E-state index in [-0.39, 0.29) is 12.2 Å². The molecule has 0 unspecified atom stereocenters. The van der Waals surface area contributed by atoms with E-state index < -0.39 is 11.7 Å². The number of likely N-dealkylation sites (tertiary alicyclic amines) is 1. The maximum atomic E-state index is 14.5. The van der Waals surface area contributed by atoms with Gasteiger partial charge in [0.2, 0.25) is 0 Å². The summed E-state index contributed by atoms with van der Waals surface area (Å²) < 4.78 is 50.9. The molecule has 42 heavy (non-hydrogen) atoms. The summed E-state index contributed by atoms with van der Waals surface area (Å²) in [5, 5.41) is 0. The minimum absolute atomic E-state index is 0.0973. The third-order valence-electron chi connectivity index (χ3n) is 8.04. The van der Waals surface area contributed by atoms with E-state index in [9.17, 15) is 13.2 Å². The molecule has 0 radical (unpaired) electrons. The lowest BCUT2D eigenvalue weighted by molar-refractivity contribution is -0.137. The summed E-state index contributed by atoms with van der Waals surface area (Å²) in [6.45, 7) is 5.74. The molecule has 4 aromatic rings. The summed E-state index contributed by atoms with van der Waals surface area (Å²) in [6.07, 6.45) is 2.10. The Labute approximate surface area is 260 Å². The molecular weight excluding hydrogens is 646 g/mol. The van der Waals surface area contributed by atoms with Crippen LogP contribution in [-0.4, -0.2) is 17.5 Å².